The lowest BCUT2D eigenvalue weighted by Gasteiger charge is -2.08. The Balaban J connectivity index is 2.06. The highest BCUT2D eigenvalue weighted by Crippen LogP contribution is 2.27. The average molecular weight is 321 g/mol. The van der Waals surface area contributed by atoms with E-state index in [4.69, 9.17) is 16.3 Å². The van der Waals surface area contributed by atoms with Gasteiger partial charge in [-0.05, 0) is 36.2 Å². The maximum absolute atomic E-state index is 14.2. The lowest BCUT2D eigenvalue weighted by atomic mass is 10.1. The van der Waals surface area contributed by atoms with Crippen molar-refractivity contribution in [2.24, 2.45) is 0 Å². The van der Waals surface area contributed by atoms with Crippen LogP contribution in [0.25, 0.3) is 11.1 Å². The van der Waals surface area contributed by atoms with Gasteiger partial charge in [0.2, 0.25) is 0 Å². The Labute approximate surface area is 134 Å². The number of hydrogen-bond acceptors (Lipinski definition) is 2. The molecule has 0 unspecified atom stereocenters. The smallest absolute Gasteiger partial charge is 0.311 e. The van der Waals surface area contributed by atoms with Crippen molar-refractivity contribution in [3.63, 3.8) is 0 Å². The minimum atomic E-state index is -0.429. The summed E-state index contributed by atoms with van der Waals surface area (Å²) in [7, 11) is 0. The minimum absolute atomic E-state index is 0.233. The van der Waals surface area contributed by atoms with Crippen LogP contribution in [0.1, 0.15) is 32.6 Å². The molecule has 0 saturated carbocycles. The molecule has 116 valence electrons. The molecule has 0 fully saturated rings. The summed E-state index contributed by atoms with van der Waals surface area (Å²) in [6.07, 6.45) is 3.17. The van der Waals surface area contributed by atoms with Crippen LogP contribution in [-0.4, -0.2) is 5.97 Å². The maximum Gasteiger partial charge on any atom is 0.311 e. The number of unbranched alkanes of at least 4 members (excludes halogenated alkanes) is 2. The second kappa shape index (κ2) is 7.95. The van der Waals surface area contributed by atoms with Crippen LogP contribution < -0.4 is 4.74 Å². The van der Waals surface area contributed by atoms with Gasteiger partial charge in [-0.1, -0.05) is 43.5 Å². The molecule has 0 radical (unpaired) electrons. The molecule has 2 aromatic rings. The largest absolute Gasteiger partial charge is 0.426 e. The fraction of sp³-hybridized carbons (Fsp3) is 0.278. The maximum atomic E-state index is 14.2. The summed E-state index contributed by atoms with van der Waals surface area (Å²) in [5.41, 5.74) is 1.17. The van der Waals surface area contributed by atoms with Crippen LogP contribution in [-0.2, 0) is 4.79 Å². The lowest BCUT2D eigenvalue weighted by Crippen LogP contribution is -2.07. The Hall–Kier alpha value is -1.87. The Bertz CT molecular complexity index is 638. The van der Waals surface area contributed by atoms with E-state index in [2.05, 4.69) is 6.92 Å². The van der Waals surface area contributed by atoms with Crippen molar-refractivity contribution < 1.29 is 13.9 Å². The fourth-order valence-electron chi connectivity index (χ4n) is 2.12. The summed E-state index contributed by atoms with van der Waals surface area (Å²) in [5.74, 6) is -0.523. The molecule has 0 amide bonds. The molecule has 0 heterocycles. The zero-order valence-electron chi connectivity index (χ0n) is 12.4. The van der Waals surface area contributed by atoms with E-state index < -0.39 is 5.82 Å². The van der Waals surface area contributed by atoms with Gasteiger partial charge in [-0.2, -0.15) is 0 Å². The van der Waals surface area contributed by atoms with Gasteiger partial charge in [-0.3, -0.25) is 4.79 Å². The Morgan fingerprint density at radius 1 is 1.14 bits per heavy atom. The molecule has 2 nitrogen and oxygen atoms in total. The number of hydrogen-bond donors (Lipinski definition) is 0. The molecule has 4 heteroatoms. The molecule has 0 saturated heterocycles. The van der Waals surface area contributed by atoms with Crippen LogP contribution in [0.5, 0.6) is 5.75 Å². The van der Waals surface area contributed by atoms with Crippen LogP contribution >= 0.6 is 11.6 Å². The third-order valence-electron chi connectivity index (χ3n) is 3.31. The fourth-order valence-corrected chi connectivity index (χ4v) is 2.25. The van der Waals surface area contributed by atoms with Crippen molar-refractivity contribution in [2.45, 2.75) is 32.6 Å². The Kier molecular flexibility index (Phi) is 5.96. The monoisotopic (exact) mass is 320 g/mol. The highest BCUT2D eigenvalue weighted by molar-refractivity contribution is 6.30. The van der Waals surface area contributed by atoms with E-state index >= 15 is 0 Å². The topological polar surface area (TPSA) is 26.3 Å². The van der Waals surface area contributed by atoms with E-state index in [1.165, 1.54) is 6.07 Å². The molecule has 0 bridgehead atoms. The highest BCUT2D eigenvalue weighted by Gasteiger charge is 2.09. The molecule has 22 heavy (non-hydrogen) atoms. The van der Waals surface area contributed by atoms with Gasteiger partial charge in [-0.25, -0.2) is 4.39 Å². The second-order valence-electron chi connectivity index (χ2n) is 5.08. The van der Waals surface area contributed by atoms with Gasteiger partial charge in [0.15, 0.2) is 0 Å². The summed E-state index contributed by atoms with van der Waals surface area (Å²) in [6.45, 7) is 2.07. The number of carbonyl (C=O) groups is 1. The normalized spacial score (nSPS) is 10.5. The van der Waals surface area contributed by atoms with Crippen molar-refractivity contribution >= 4 is 17.6 Å². The zero-order chi connectivity index (χ0) is 15.9. The SMILES string of the molecule is CCCCCC(=O)Oc1ccc(-c2ccc(Cl)cc2)c(F)c1. The molecule has 0 aliphatic carbocycles. The van der Waals surface area contributed by atoms with E-state index in [9.17, 15) is 9.18 Å². The Morgan fingerprint density at radius 2 is 1.86 bits per heavy atom. The quantitative estimate of drug-likeness (QED) is 0.391. The molecule has 2 rings (SSSR count). The van der Waals surface area contributed by atoms with Gasteiger partial charge in [0, 0.05) is 23.1 Å². The number of carbonyl (C=O) groups excluding carboxylic acids is 1. The first-order valence-corrected chi connectivity index (χ1v) is 7.74. The first-order valence-electron chi connectivity index (χ1n) is 7.36. The van der Waals surface area contributed by atoms with Gasteiger partial charge in [0.05, 0.1) is 0 Å². The van der Waals surface area contributed by atoms with Crippen molar-refractivity contribution in [2.75, 3.05) is 0 Å². The van der Waals surface area contributed by atoms with E-state index in [0.29, 0.717) is 17.0 Å². The van der Waals surface area contributed by atoms with Crippen LogP contribution in [0.3, 0.4) is 0 Å². The van der Waals surface area contributed by atoms with Crippen LogP contribution in [0.4, 0.5) is 4.39 Å². The standard InChI is InChI=1S/C18H18ClFO2/c1-2-3-4-5-18(21)22-15-10-11-16(17(20)12-15)13-6-8-14(19)9-7-13/h6-12H,2-5H2,1H3. The van der Waals surface area contributed by atoms with E-state index in [0.717, 1.165) is 24.8 Å². The minimum Gasteiger partial charge on any atom is -0.426 e. The van der Waals surface area contributed by atoms with E-state index in [1.54, 1.807) is 36.4 Å². The molecule has 2 aromatic carbocycles. The third kappa shape index (κ3) is 4.57. The van der Waals surface area contributed by atoms with Crippen molar-refractivity contribution in [3.8, 4) is 16.9 Å². The predicted molar refractivity (Wildman–Crippen MR) is 86.6 cm³/mol. The summed E-state index contributed by atoms with van der Waals surface area (Å²) in [4.78, 5) is 11.6. The molecular formula is C18H18ClFO2. The number of esters is 1. The first-order chi connectivity index (χ1) is 10.6. The predicted octanol–water partition coefficient (Wildman–Crippen LogP) is 5.63. The van der Waals surface area contributed by atoms with Crippen LogP contribution in [0.15, 0.2) is 42.5 Å². The van der Waals surface area contributed by atoms with Gasteiger partial charge < -0.3 is 4.74 Å². The van der Waals surface area contributed by atoms with Gasteiger partial charge in [0.1, 0.15) is 11.6 Å². The van der Waals surface area contributed by atoms with Crippen LogP contribution in [0.2, 0.25) is 5.02 Å². The average Bonchev–Trinajstić information content (AvgIpc) is 2.49. The van der Waals surface area contributed by atoms with Crippen molar-refractivity contribution in [3.05, 3.63) is 53.3 Å². The van der Waals surface area contributed by atoms with E-state index in [1.807, 2.05) is 0 Å². The van der Waals surface area contributed by atoms with Gasteiger partial charge in [0.25, 0.3) is 0 Å². The van der Waals surface area contributed by atoms with Gasteiger partial charge in [-0.15, -0.1) is 0 Å². The summed E-state index contributed by atoms with van der Waals surface area (Å²) in [6, 6.07) is 11.4. The lowest BCUT2D eigenvalue weighted by molar-refractivity contribution is -0.134. The first kappa shape index (κ1) is 16.5. The second-order valence-corrected chi connectivity index (χ2v) is 5.52. The summed E-state index contributed by atoms with van der Waals surface area (Å²) in [5, 5.41) is 0.599. The molecule has 0 aliphatic heterocycles. The Morgan fingerprint density at radius 3 is 2.50 bits per heavy atom. The number of benzene rings is 2. The highest BCUT2D eigenvalue weighted by atomic mass is 35.5. The molecular weight excluding hydrogens is 303 g/mol. The molecule has 0 N–H and O–H groups in total. The third-order valence-corrected chi connectivity index (χ3v) is 3.56. The van der Waals surface area contributed by atoms with E-state index in [-0.39, 0.29) is 11.7 Å². The van der Waals surface area contributed by atoms with Crippen LogP contribution in [0, 0.1) is 5.82 Å². The van der Waals surface area contributed by atoms with Crippen molar-refractivity contribution in [1.82, 2.24) is 0 Å². The number of halogens is 2. The number of rotatable bonds is 6. The molecule has 0 aliphatic rings. The molecule has 0 aromatic heterocycles. The molecule has 0 atom stereocenters. The van der Waals surface area contributed by atoms with Crippen molar-refractivity contribution in [1.29, 1.82) is 0 Å². The number of ether oxygens (including phenoxy) is 1. The zero-order valence-corrected chi connectivity index (χ0v) is 13.2. The molecule has 0 spiro atoms. The summed E-state index contributed by atoms with van der Waals surface area (Å²) < 4.78 is 19.3. The van der Waals surface area contributed by atoms with Gasteiger partial charge >= 0.3 is 5.97 Å². The summed E-state index contributed by atoms with van der Waals surface area (Å²) >= 11 is 5.82.